The molecule has 0 radical (unpaired) electrons. The third-order valence-electron chi connectivity index (χ3n) is 7.38. The molecule has 0 saturated carbocycles. The van der Waals surface area contributed by atoms with Crippen LogP contribution in [0.1, 0.15) is 40.1 Å². The average Bonchev–Trinajstić information content (AvgIpc) is 3.36. The Morgan fingerprint density at radius 3 is 2.26 bits per heavy atom. The maximum atomic E-state index is 13.5. The number of carbonyl (C=O) groups is 3. The first-order chi connectivity index (χ1) is 20.8. The lowest BCUT2D eigenvalue weighted by molar-refractivity contribution is -0.151. The van der Waals surface area contributed by atoms with Crippen molar-refractivity contribution in [3.8, 4) is 17.2 Å². The molecule has 43 heavy (non-hydrogen) atoms. The summed E-state index contributed by atoms with van der Waals surface area (Å²) in [5.41, 5.74) is 2.78. The number of hydrogen-bond acceptors (Lipinski definition) is 8. The molecule has 3 aromatic carbocycles. The first kappa shape index (κ1) is 30.1. The molecule has 0 spiro atoms. The monoisotopic (exact) mass is 619 g/mol. The van der Waals surface area contributed by atoms with Crippen molar-refractivity contribution in [1.82, 2.24) is 0 Å². The summed E-state index contributed by atoms with van der Waals surface area (Å²) in [5, 5.41) is 4.17. The molecule has 10 heteroatoms. The molecule has 0 fully saturated rings. The number of thiophene rings is 1. The third-order valence-corrected chi connectivity index (χ3v) is 9.05. The quantitative estimate of drug-likeness (QED) is 0.157. The van der Waals surface area contributed by atoms with Crippen molar-refractivity contribution in [3.05, 3.63) is 87.8 Å². The fourth-order valence-corrected chi connectivity index (χ4v) is 6.74. The Kier molecular flexibility index (Phi) is 9.03. The number of ether oxygens (including phenoxy) is 4. The molecule has 1 heterocycles. The Morgan fingerprint density at radius 1 is 0.977 bits per heavy atom. The van der Waals surface area contributed by atoms with Crippen LogP contribution in [0.4, 0.5) is 5.69 Å². The zero-order chi connectivity index (χ0) is 30.7. The highest BCUT2D eigenvalue weighted by atomic mass is 35.5. The maximum Gasteiger partial charge on any atom is 0.317 e. The van der Waals surface area contributed by atoms with E-state index in [1.807, 2.05) is 36.4 Å². The van der Waals surface area contributed by atoms with Crippen molar-refractivity contribution < 1.29 is 33.3 Å². The van der Waals surface area contributed by atoms with Crippen LogP contribution in [-0.2, 0) is 14.3 Å². The summed E-state index contributed by atoms with van der Waals surface area (Å²) in [4.78, 5) is 39.9. The Labute approximate surface area is 258 Å². The average molecular weight is 620 g/mol. The predicted octanol–water partition coefficient (Wildman–Crippen LogP) is 7.15. The molecular formula is C33H30ClNO7S. The Hall–Kier alpha value is -4.34. The highest BCUT2D eigenvalue weighted by Crippen LogP contribution is 2.46. The number of fused-ring (bicyclic) bond motifs is 1. The van der Waals surface area contributed by atoms with Gasteiger partial charge in [0.2, 0.25) is 5.75 Å². The summed E-state index contributed by atoms with van der Waals surface area (Å²) in [6, 6.07) is 18.3. The van der Waals surface area contributed by atoms with E-state index in [4.69, 9.17) is 30.5 Å². The van der Waals surface area contributed by atoms with Crippen LogP contribution >= 0.6 is 22.9 Å². The third kappa shape index (κ3) is 5.96. The number of carbonyl (C=O) groups excluding carboxylic acids is 3. The smallest absolute Gasteiger partial charge is 0.317 e. The fraction of sp³-hybridized carbons (Fsp3) is 0.242. The zero-order valence-electron chi connectivity index (χ0n) is 24.1. The summed E-state index contributed by atoms with van der Waals surface area (Å²) < 4.78 is 22.7. The van der Waals surface area contributed by atoms with Crippen LogP contribution in [0.2, 0.25) is 5.02 Å². The lowest BCUT2D eigenvalue weighted by Crippen LogP contribution is -2.34. The van der Waals surface area contributed by atoms with E-state index < -0.39 is 17.8 Å². The maximum absolute atomic E-state index is 13.5. The van der Waals surface area contributed by atoms with E-state index in [0.29, 0.717) is 44.8 Å². The van der Waals surface area contributed by atoms with Crippen LogP contribution < -0.4 is 19.5 Å². The van der Waals surface area contributed by atoms with E-state index in [2.05, 4.69) is 5.32 Å². The molecule has 0 bridgehead atoms. The number of rotatable bonds is 9. The molecule has 1 amide bonds. The van der Waals surface area contributed by atoms with Gasteiger partial charge in [0.25, 0.3) is 5.91 Å². The number of anilines is 1. The Balaban J connectivity index is 1.43. The van der Waals surface area contributed by atoms with Gasteiger partial charge in [-0.1, -0.05) is 41.9 Å². The van der Waals surface area contributed by atoms with Crippen molar-refractivity contribution in [2.24, 2.45) is 5.92 Å². The molecule has 1 N–H and O–H groups in total. The van der Waals surface area contributed by atoms with E-state index in [9.17, 15) is 14.4 Å². The van der Waals surface area contributed by atoms with E-state index in [1.165, 1.54) is 38.7 Å². The number of ketones is 1. The van der Waals surface area contributed by atoms with Gasteiger partial charge in [0, 0.05) is 21.7 Å². The van der Waals surface area contributed by atoms with Crippen LogP contribution in [0.15, 0.2) is 66.7 Å². The number of methoxy groups -OCH3 is 3. The zero-order valence-corrected chi connectivity index (χ0v) is 25.6. The number of esters is 1. The van der Waals surface area contributed by atoms with Gasteiger partial charge in [-0.2, -0.15) is 0 Å². The second-order valence-electron chi connectivity index (χ2n) is 9.84. The first-order valence-corrected chi connectivity index (χ1v) is 14.8. The van der Waals surface area contributed by atoms with Gasteiger partial charge in [0.15, 0.2) is 17.3 Å². The molecule has 1 aromatic heterocycles. The lowest BCUT2D eigenvalue weighted by Gasteiger charge is -2.30. The highest BCUT2D eigenvalue weighted by Gasteiger charge is 2.40. The molecule has 4 aromatic rings. The largest absolute Gasteiger partial charge is 0.493 e. The molecule has 2 atom stereocenters. The summed E-state index contributed by atoms with van der Waals surface area (Å²) in [6.07, 6.45) is 1.87. The number of allylic oxidation sites excluding steroid dienone is 2. The second-order valence-corrected chi connectivity index (χ2v) is 11.3. The molecule has 222 valence electrons. The van der Waals surface area contributed by atoms with Crippen molar-refractivity contribution in [2.45, 2.75) is 19.3 Å². The lowest BCUT2D eigenvalue weighted by atomic mass is 9.73. The number of hydrogen-bond donors (Lipinski definition) is 1. The number of amides is 1. The van der Waals surface area contributed by atoms with E-state index in [0.717, 1.165) is 21.2 Å². The van der Waals surface area contributed by atoms with Crippen LogP contribution in [0.5, 0.6) is 17.2 Å². The standard InChI is InChI=1S/C33H30ClNO7S/c1-5-42-33(38)28-23(20-16-25(39-2)30(41-4)26(17-20)40-3)14-19(15-24(28)36)18-10-12-21(13-11-18)35-32(37)31-29(34)22-8-6-7-9-27(22)43-31/h6-13,15-17,23,28H,5,14H2,1-4H3,(H,35,37). The Morgan fingerprint density at radius 2 is 1.65 bits per heavy atom. The number of halogens is 1. The van der Waals surface area contributed by atoms with Crippen molar-refractivity contribution >= 4 is 61.9 Å². The fourth-order valence-electron chi connectivity index (χ4n) is 5.33. The molecular weight excluding hydrogens is 590 g/mol. The van der Waals surface area contributed by atoms with Gasteiger partial charge in [-0.05, 0) is 66.5 Å². The molecule has 1 aliphatic rings. The molecule has 2 unspecified atom stereocenters. The normalized spacial score (nSPS) is 16.4. The second kappa shape index (κ2) is 12.9. The minimum absolute atomic E-state index is 0.154. The summed E-state index contributed by atoms with van der Waals surface area (Å²) >= 11 is 7.82. The first-order valence-electron chi connectivity index (χ1n) is 13.6. The predicted molar refractivity (Wildman–Crippen MR) is 168 cm³/mol. The van der Waals surface area contributed by atoms with E-state index in [1.54, 1.807) is 31.2 Å². The highest BCUT2D eigenvalue weighted by molar-refractivity contribution is 7.21. The van der Waals surface area contributed by atoms with Crippen molar-refractivity contribution in [2.75, 3.05) is 33.3 Å². The minimum atomic E-state index is -1.03. The van der Waals surface area contributed by atoms with Gasteiger partial charge in [-0.15, -0.1) is 11.3 Å². The van der Waals surface area contributed by atoms with Gasteiger partial charge >= 0.3 is 5.97 Å². The van der Waals surface area contributed by atoms with Gasteiger partial charge in [0.1, 0.15) is 10.8 Å². The summed E-state index contributed by atoms with van der Waals surface area (Å²) in [6.45, 7) is 1.86. The SMILES string of the molecule is CCOC(=O)C1C(=O)C=C(c2ccc(NC(=O)c3sc4ccccc4c3Cl)cc2)CC1c1cc(OC)c(OC)c(OC)c1. The van der Waals surface area contributed by atoms with Gasteiger partial charge < -0.3 is 24.3 Å². The molecule has 0 aliphatic heterocycles. The summed E-state index contributed by atoms with van der Waals surface area (Å²) in [5.74, 6) is -1.57. The van der Waals surface area contributed by atoms with E-state index >= 15 is 0 Å². The minimum Gasteiger partial charge on any atom is -0.493 e. The van der Waals surface area contributed by atoms with E-state index in [-0.39, 0.29) is 18.3 Å². The number of nitrogens with one attached hydrogen (secondary N) is 1. The van der Waals surface area contributed by atoms with Gasteiger partial charge in [-0.25, -0.2) is 0 Å². The van der Waals surface area contributed by atoms with Crippen LogP contribution in [0.3, 0.4) is 0 Å². The van der Waals surface area contributed by atoms with Gasteiger partial charge in [0.05, 0.1) is 33.0 Å². The molecule has 1 aliphatic carbocycles. The Bertz CT molecular complexity index is 1700. The molecule has 8 nitrogen and oxygen atoms in total. The van der Waals surface area contributed by atoms with Crippen molar-refractivity contribution in [1.29, 1.82) is 0 Å². The summed E-state index contributed by atoms with van der Waals surface area (Å²) in [7, 11) is 4.53. The topological polar surface area (TPSA) is 100 Å². The molecule has 5 rings (SSSR count). The van der Waals surface area contributed by atoms with Crippen LogP contribution in [0.25, 0.3) is 15.7 Å². The van der Waals surface area contributed by atoms with Gasteiger partial charge in [-0.3, -0.25) is 14.4 Å². The van der Waals surface area contributed by atoms with Crippen LogP contribution in [-0.4, -0.2) is 45.6 Å². The molecule has 0 saturated heterocycles. The van der Waals surface area contributed by atoms with Crippen molar-refractivity contribution in [3.63, 3.8) is 0 Å². The van der Waals surface area contributed by atoms with Crippen LogP contribution in [0, 0.1) is 5.92 Å². The number of benzene rings is 3.